The van der Waals surface area contributed by atoms with Crippen LogP contribution in [0.4, 0.5) is 11.4 Å². The molecule has 2 fully saturated rings. The van der Waals surface area contributed by atoms with Crippen LogP contribution in [0, 0.1) is 29.6 Å². The third kappa shape index (κ3) is 21.1. The molecule has 0 N–H and O–H groups in total. The fourth-order valence-electron chi connectivity index (χ4n) is 7.80. The van der Waals surface area contributed by atoms with Crippen molar-refractivity contribution in [2.75, 3.05) is 122 Å². The molecule has 0 spiro atoms. The summed E-state index contributed by atoms with van der Waals surface area (Å²) in [5.74, 6) is 2.36. The molecule has 2 saturated heterocycles. The lowest BCUT2D eigenvalue weighted by molar-refractivity contribution is -0.152. The molecule has 0 unspecified atom stereocenters. The van der Waals surface area contributed by atoms with Gasteiger partial charge in [-0.1, -0.05) is 65.5 Å². The Kier molecular flexibility index (Phi) is 27.7. The number of fused-ring (bicyclic) bond motifs is 2. The standard InChI is InChI=1S/C55H63ClN4O14S6/c1-36-6-8-44-46(24-36)79-52(59(44)14-4-16-69-48(61)10-12-50(63)73-40-32-75-28-37(2)29-76-33-40)42(26-57)54(65)71-22-20-67-18-19-68-21-23-72-55(66)43(27-58)53-60(45-9-7-39(56)25-47(45)80-53)15-5-17-70-49(62)11-13-51(64)74-41-34-77-30-38(3)31-78-35-41/h6-9,24-25,40-41H,2-5,10-23,28-35H2,1H3/b52-42-,53-43-. The first-order chi connectivity index (χ1) is 38.7. The lowest BCUT2D eigenvalue weighted by Crippen LogP contribution is -2.26. The van der Waals surface area contributed by atoms with Gasteiger partial charge >= 0.3 is 35.8 Å². The maximum Gasteiger partial charge on any atom is 0.351 e. The monoisotopic (exact) mass is 1230 g/mol. The number of hydrogen-bond donors (Lipinski definition) is 0. The van der Waals surface area contributed by atoms with E-state index in [1.54, 1.807) is 70.1 Å². The molecule has 80 heavy (non-hydrogen) atoms. The first-order valence-electron chi connectivity index (χ1n) is 25.7. The van der Waals surface area contributed by atoms with E-state index < -0.39 is 35.8 Å². The number of anilines is 2. The molecule has 4 heterocycles. The predicted octanol–water partition coefficient (Wildman–Crippen LogP) is 9.09. The lowest BCUT2D eigenvalue weighted by atomic mass is 10.2. The molecule has 4 aliphatic heterocycles. The smallest absolute Gasteiger partial charge is 0.351 e. The second kappa shape index (κ2) is 34.5. The van der Waals surface area contributed by atoms with Crippen molar-refractivity contribution in [3.05, 3.63) is 92.5 Å². The molecule has 0 bridgehead atoms. The van der Waals surface area contributed by atoms with Gasteiger partial charge < -0.3 is 47.7 Å². The fraction of sp³-hybridized carbons (Fsp3) is 0.491. The Labute approximate surface area is 497 Å². The molecule has 430 valence electrons. The minimum atomic E-state index is -0.856. The van der Waals surface area contributed by atoms with E-state index in [0.29, 0.717) is 63.2 Å². The van der Waals surface area contributed by atoms with E-state index in [1.165, 1.54) is 23.5 Å². The van der Waals surface area contributed by atoms with Crippen LogP contribution >= 0.6 is 82.2 Å². The molecule has 0 saturated carbocycles. The Morgan fingerprint density at radius 3 is 1.40 bits per heavy atom. The molecule has 6 rings (SSSR count). The van der Waals surface area contributed by atoms with Crippen molar-refractivity contribution >= 4 is 129 Å². The van der Waals surface area contributed by atoms with Crippen molar-refractivity contribution in [2.24, 2.45) is 0 Å². The molecular formula is C55H63ClN4O14S6. The molecular weight excluding hydrogens is 1170 g/mol. The summed E-state index contributed by atoms with van der Waals surface area (Å²) in [4.78, 5) is 81.7. The number of esters is 6. The number of aryl methyl sites for hydroxylation is 1. The van der Waals surface area contributed by atoms with Crippen LogP contribution in [0.2, 0.25) is 5.02 Å². The topological polar surface area (TPSA) is 230 Å². The zero-order valence-electron chi connectivity index (χ0n) is 44.3. The highest BCUT2D eigenvalue weighted by molar-refractivity contribution is 8.04. The van der Waals surface area contributed by atoms with Gasteiger partial charge in [0.05, 0.1) is 76.7 Å². The minimum absolute atomic E-state index is 0.00328. The predicted molar refractivity (Wildman–Crippen MR) is 315 cm³/mol. The van der Waals surface area contributed by atoms with Crippen LogP contribution in [0.3, 0.4) is 0 Å². The Morgan fingerprint density at radius 2 is 0.963 bits per heavy atom. The molecule has 0 amide bonds. The van der Waals surface area contributed by atoms with Crippen LogP contribution in [0.15, 0.2) is 91.7 Å². The zero-order chi connectivity index (χ0) is 57.2. The van der Waals surface area contributed by atoms with E-state index in [0.717, 1.165) is 55.2 Å². The summed E-state index contributed by atoms with van der Waals surface area (Å²) in [7, 11) is 0. The number of rotatable bonds is 27. The number of benzene rings is 2. The quantitative estimate of drug-likeness (QED) is 0.0203. The molecule has 4 aliphatic rings. The van der Waals surface area contributed by atoms with Crippen LogP contribution in [-0.4, -0.2) is 160 Å². The van der Waals surface area contributed by atoms with Crippen LogP contribution in [0.1, 0.15) is 44.1 Å². The number of carbonyl (C=O) groups excluding carboxylic acids is 6. The van der Waals surface area contributed by atoms with E-state index in [2.05, 4.69) is 13.2 Å². The Morgan fingerprint density at radius 1 is 0.562 bits per heavy atom. The first-order valence-corrected chi connectivity index (χ1v) is 32.3. The van der Waals surface area contributed by atoms with Crippen molar-refractivity contribution in [2.45, 2.75) is 67.4 Å². The number of nitriles is 2. The van der Waals surface area contributed by atoms with Gasteiger partial charge in [0.1, 0.15) is 47.6 Å². The highest BCUT2D eigenvalue weighted by Gasteiger charge is 2.33. The van der Waals surface area contributed by atoms with Crippen molar-refractivity contribution < 1.29 is 66.7 Å². The van der Waals surface area contributed by atoms with Crippen molar-refractivity contribution in [1.29, 1.82) is 10.5 Å². The number of carbonyl (C=O) groups is 6. The molecule has 25 heteroatoms. The largest absolute Gasteiger partial charge is 0.466 e. The molecule has 2 aromatic carbocycles. The number of nitrogens with zero attached hydrogens (tertiary/aromatic N) is 4. The van der Waals surface area contributed by atoms with Gasteiger partial charge in [-0.05, 0) is 55.7 Å². The van der Waals surface area contributed by atoms with Crippen LogP contribution in [-0.2, 0) is 66.7 Å². The molecule has 0 aliphatic carbocycles. The van der Waals surface area contributed by atoms with Gasteiger partial charge in [-0.25, -0.2) is 9.59 Å². The van der Waals surface area contributed by atoms with Crippen LogP contribution in [0.25, 0.3) is 0 Å². The Hall–Kier alpha value is -4.89. The van der Waals surface area contributed by atoms with Gasteiger partial charge in [0.25, 0.3) is 0 Å². The third-order valence-electron chi connectivity index (χ3n) is 11.6. The van der Waals surface area contributed by atoms with Crippen molar-refractivity contribution in [3.63, 3.8) is 0 Å². The van der Waals surface area contributed by atoms with Crippen molar-refractivity contribution in [1.82, 2.24) is 0 Å². The van der Waals surface area contributed by atoms with E-state index in [1.807, 2.05) is 42.2 Å². The first kappa shape index (κ1) is 64.3. The molecule has 0 atom stereocenters. The summed E-state index contributed by atoms with van der Waals surface area (Å²) in [6.45, 7) is 10.6. The van der Waals surface area contributed by atoms with Crippen molar-refractivity contribution in [3.8, 4) is 12.1 Å². The van der Waals surface area contributed by atoms with Gasteiger partial charge in [0.2, 0.25) is 0 Å². The van der Waals surface area contributed by atoms with Gasteiger partial charge in [0.15, 0.2) is 11.1 Å². The average Bonchev–Trinajstić information content (AvgIpc) is 4.02. The summed E-state index contributed by atoms with van der Waals surface area (Å²) >= 11 is 15.4. The Balaban J connectivity index is 0.869. The molecule has 0 radical (unpaired) electrons. The second-order valence-electron chi connectivity index (χ2n) is 18.1. The normalized spacial score (nSPS) is 17.1. The highest BCUT2D eigenvalue weighted by atomic mass is 35.5. The molecule has 18 nitrogen and oxygen atoms in total. The SMILES string of the molecule is C=C1CSCC(OC(=O)CCC(=O)OCCCN2/C(=C(\C#N)C(=O)OCCOCCOCCOC(=O)/C(C#N)=C3\Sc4cc(Cl)ccc4N3CCCOC(=O)CCC(=O)OC3CSCC(=C)CSC3)Sc3cc(C)ccc32)CSC1. The van der Waals surface area contributed by atoms with Gasteiger partial charge in [-0.2, -0.15) is 57.6 Å². The van der Waals surface area contributed by atoms with Gasteiger partial charge in [-0.15, -0.1) is 0 Å². The number of thioether (sulfide) groups is 6. The van der Waals surface area contributed by atoms with E-state index in [9.17, 15) is 39.3 Å². The number of ether oxygens (including phenoxy) is 8. The summed E-state index contributed by atoms with van der Waals surface area (Å²) in [5.41, 5.74) is 4.39. The van der Waals surface area contributed by atoms with Gasteiger partial charge in [-0.3, -0.25) is 19.2 Å². The summed E-state index contributed by atoms with van der Waals surface area (Å²) in [5, 5.41) is 21.5. The summed E-state index contributed by atoms with van der Waals surface area (Å²) < 4.78 is 44.0. The fourth-order valence-corrected chi connectivity index (χ4v) is 14.9. The lowest BCUT2D eigenvalue weighted by Gasteiger charge is -2.21. The second-order valence-corrected chi connectivity index (χ2v) is 24.7. The van der Waals surface area contributed by atoms with E-state index in [4.69, 9.17) is 49.5 Å². The highest BCUT2D eigenvalue weighted by Crippen LogP contribution is 2.49. The summed E-state index contributed by atoms with van der Waals surface area (Å²) in [6.07, 6.45) is -0.151. The maximum atomic E-state index is 13.3. The Bertz CT molecular complexity index is 2530. The van der Waals surface area contributed by atoms with Gasteiger partial charge in [0, 0.05) is 73.9 Å². The molecule has 0 aromatic heterocycles. The summed E-state index contributed by atoms with van der Waals surface area (Å²) in [6, 6.07) is 15.0. The third-order valence-corrected chi connectivity index (χ3v) is 19.0. The minimum Gasteiger partial charge on any atom is -0.466 e. The van der Waals surface area contributed by atoms with Crippen LogP contribution in [0.5, 0.6) is 0 Å². The molecule has 2 aromatic rings. The van der Waals surface area contributed by atoms with Crippen LogP contribution < -0.4 is 9.80 Å². The van der Waals surface area contributed by atoms with E-state index >= 15 is 0 Å². The maximum absolute atomic E-state index is 13.3. The number of hydrogen-bond acceptors (Lipinski definition) is 24. The zero-order valence-corrected chi connectivity index (χ0v) is 50.0. The average molecular weight is 1230 g/mol. The van der Waals surface area contributed by atoms with E-state index in [-0.39, 0.29) is 108 Å². The number of halogens is 1.